The topological polar surface area (TPSA) is 58.6 Å². The fourth-order valence-corrected chi connectivity index (χ4v) is 4.60. The second kappa shape index (κ2) is 7.30. The van der Waals surface area contributed by atoms with E-state index in [-0.39, 0.29) is 24.6 Å². The first-order valence-electron chi connectivity index (χ1n) is 9.90. The molecule has 2 aromatic rings. The molecular weight excluding hydrogens is 352 g/mol. The molecule has 0 saturated carbocycles. The van der Waals surface area contributed by atoms with E-state index in [4.69, 9.17) is 4.74 Å². The summed E-state index contributed by atoms with van der Waals surface area (Å²) in [4.78, 5) is 27.8. The Morgan fingerprint density at radius 1 is 1.18 bits per heavy atom. The van der Waals surface area contributed by atoms with Gasteiger partial charge in [0, 0.05) is 12.2 Å². The molecule has 1 N–H and O–H groups in total. The number of rotatable bonds is 4. The van der Waals surface area contributed by atoms with E-state index in [0.717, 1.165) is 23.2 Å². The molecule has 1 spiro atoms. The van der Waals surface area contributed by atoms with Gasteiger partial charge in [-0.3, -0.25) is 4.79 Å². The lowest BCUT2D eigenvalue weighted by Crippen LogP contribution is -2.49. The number of nitrogens with zero attached hydrogens (tertiary/aromatic N) is 1. The van der Waals surface area contributed by atoms with Gasteiger partial charge in [0.05, 0.1) is 11.5 Å². The summed E-state index contributed by atoms with van der Waals surface area (Å²) in [6.07, 6.45) is 1.03. The van der Waals surface area contributed by atoms with Crippen LogP contribution < -0.4 is 5.32 Å². The minimum Gasteiger partial charge on any atom is -0.445 e. The lowest BCUT2D eigenvalue weighted by atomic mass is 9.72. The zero-order valence-electron chi connectivity index (χ0n) is 16.4. The van der Waals surface area contributed by atoms with Crippen LogP contribution in [0, 0.1) is 5.92 Å². The van der Waals surface area contributed by atoms with Gasteiger partial charge >= 0.3 is 6.09 Å². The van der Waals surface area contributed by atoms with Crippen LogP contribution in [0.2, 0.25) is 0 Å². The fourth-order valence-electron chi connectivity index (χ4n) is 4.60. The highest BCUT2D eigenvalue weighted by molar-refractivity contribution is 6.07. The second-order valence-corrected chi connectivity index (χ2v) is 8.10. The average molecular weight is 378 g/mol. The summed E-state index contributed by atoms with van der Waals surface area (Å²) in [5, 5.41) is 3.03. The SMILES string of the molecule is CC(C)C[C@H]1N(C(=O)OCc2ccccc2)CC[C@]12C(=O)Nc1ccccc12. The van der Waals surface area contributed by atoms with Crippen molar-refractivity contribution in [1.29, 1.82) is 0 Å². The van der Waals surface area contributed by atoms with Crippen molar-refractivity contribution in [2.45, 2.75) is 44.8 Å². The van der Waals surface area contributed by atoms with E-state index in [1.807, 2.05) is 54.6 Å². The second-order valence-electron chi connectivity index (χ2n) is 8.10. The van der Waals surface area contributed by atoms with Crippen molar-refractivity contribution < 1.29 is 14.3 Å². The van der Waals surface area contributed by atoms with Crippen molar-refractivity contribution in [3.63, 3.8) is 0 Å². The molecule has 28 heavy (non-hydrogen) atoms. The first-order chi connectivity index (χ1) is 13.5. The van der Waals surface area contributed by atoms with Crippen LogP contribution in [0.1, 0.15) is 37.8 Å². The summed E-state index contributed by atoms with van der Waals surface area (Å²) in [5.74, 6) is 0.350. The van der Waals surface area contributed by atoms with Gasteiger partial charge in [0.25, 0.3) is 0 Å². The molecule has 2 heterocycles. The Morgan fingerprint density at radius 2 is 1.89 bits per heavy atom. The summed E-state index contributed by atoms with van der Waals surface area (Å²) in [7, 11) is 0. The van der Waals surface area contributed by atoms with Gasteiger partial charge in [0.2, 0.25) is 5.91 Å². The number of para-hydroxylation sites is 1. The summed E-state index contributed by atoms with van der Waals surface area (Å²) in [6.45, 7) is 5.00. The molecule has 2 amide bonds. The maximum absolute atomic E-state index is 13.1. The Morgan fingerprint density at radius 3 is 2.64 bits per heavy atom. The Labute approximate surface area is 165 Å². The smallest absolute Gasteiger partial charge is 0.410 e. The largest absolute Gasteiger partial charge is 0.445 e. The molecule has 1 saturated heterocycles. The predicted octanol–water partition coefficient (Wildman–Crippen LogP) is 4.33. The molecule has 5 nitrogen and oxygen atoms in total. The molecule has 0 radical (unpaired) electrons. The van der Waals surface area contributed by atoms with E-state index in [0.29, 0.717) is 18.9 Å². The molecule has 146 valence electrons. The summed E-state index contributed by atoms with van der Waals surface area (Å²) in [5.41, 5.74) is 2.13. The van der Waals surface area contributed by atoms with Gasteiger partial charge in [0.15, 0.2) is 0 Å². The first kappa shape index (κ1) is 18.5. The molecule has 2 aliphatic heterocycles. The van der Waals surface area contributed by atoms with E-state index >= 15 is 0 Å². The zero-order valence-corrected chi connectivity index (χ0v) is 16.4. The highest BCUT2D eigenvalue weighted by Crippen LogP contribution is 2.49. The highest BCUT2D eigenvalue weighted by Gasteiger charge is 2.58. The van der Waals surface area contributed by atoms with E-state index < -0.39 is 5.41 Å². The quantitative estimate of drug-likeness (QED) is 0.861. The third-order valence-electron chi connectivity index (χ3n) is 5.89. The molecule has 0 aliphatic carbocycles. The number of nitrogens with one attached hydrogen (secondary N) is 1. The van der Waals surface area contributed by atoms with Crippen molar-refractivity contribution >= 4 is 17.7 Å². The minimum atomic E-state index is -0.688. The van der Waals surface area contributed by atoms with Crippen LogP contribution in [0.15, 0.2) is 54.6 Å². The van der Waals surface area contributed by atoms with Crippen molar-refractivity contribution in [2.75, 3.05) is 11.9 Å². The molecule has 2 aromatic carbocycles. The molecule has 5 heteroatoms. The van der Waals surface area contributed by atoms with E-state index in [1.54, 1.807) is 4.90 Å². The van der Waals surface area contributed by atoms with Gasteiger partial charge in [-0.2, -0.15) is 0 Å². The number of ether oxygens (including phenoxy) is 1. The lowest BCUT2D eigenvalue weighted by molar-refractivity contribution is -0.121. The van der Waals surface area contributed by atoms with Crippen molar-refractivity contribution in [1.82, 2.24) is 4.90 Å². The maximum atomic E-state index is 13.1. The number of anilines is 1. The Hall–Kier alpha value is -2.82. The van der Waals surface area contributed by atoms with Crippen LogP contribution in [0.3, 0.4) is 0 Å². The van der Waals surface area contributed by atoms with Gasteiger partial charge in [-0.25, -0.2) is 4.79 Å². The monoisotopic (exact) mass is 378 g/mol. The van der Waals surface area contributed by atoms with Crippen LogP contribution in [-0.2, 0) is 21.6 Å². The normalized spacial score (nSPS) is 23.2. The highest BCUT2D eigenvalue weighted by atomic mass is 16.6. The number of benzene rings is 2. The predicted molar refractivity (Wildman–Crippen MR) is 108 cm³/mol. The molecule has 1 fully saturated rings. The van der Waals surface area contributed by atoms with Gasteiger partial charge < -0.3 is 15.0 Å². The van der Waals surface area contributed by atoms with Crippen LogP contribution in [0.5, 0.6) is 0 Å². The van der Waals surface area contributed by atoms with Crippen molar-refractivity contribution in [3.05, 3.63) is 65.7 Å². The van der Waals surface area contributed by atoms with Gasteiger partial charge in [-0.15, -0.1) is 0 Å². The number of carbonyl (C=O) groups is 2. The average Bonchev–Trinajstić information content (AvgIpc) is 3.20. The third-order valence-corrected chi connectivity index (χ3v) is 5.89. The van der Waals surface area contributed by atoms with E-state index in [9.17, 15) is 9.59 Å². The molecule has 0 unspecified atom stereocenters. The number of carbonyl (C=O) groups excluding carboxylic acids is 2. The van der Waals surface area contributed by atoms with Gasteiger partial charge in [-0.05, 0) is 36.0 Å². The van der Waals surface area contributed by atoms with Crippen molar-refractivity contribution in [2.24, 2.45) is 5.92 Å². The standard InChI is InChI=1S/C23H26N2O3/c1-16(2)14-20-23(18-10-6-7-11-19(18)24-21(23)26)12-13-25(20)22(27)28-15-17-8-4-3-5-9-17/h3-11,16,20H,12-15H2,1-2H3,(H,24,26)/t20-,23-/m1/s1. The minimum absolute atomic E-state index is 0.00212. The van der Waals surface area contributed by atoms with Gasteiger partial charge in [0.1, 0.15) is 6.61 Å². The number of likely N-dealkylation sites (tertiary alicyclic amines) is 1. The Kier molecular flexibility index (Phi) is 4.84. The van der Waals surface area contributed by atoms with E-state index in [1.165, 1.54) is 0 Å². The zero-order chi connectivity index (χ0) is 19.7. The fraction of sp³-hybridized carbons (Fsp3) is 0.391. The van der Waals surface area contributed by atoms with E-state index in [2.05, 4.69) is 19.2 Å². The van der Waals surface area contributed by atoms with Crippen LogP contribution in [0.4, 0.5) is 10.5 Å². The Bertz CT molecular complexity index is 880. The third kappa shape index (κ3) is 3.05. The van der Waals surface area contributed by atoms with Crippen molar-refractivity contribution in [3.8, 4) is 0 Å². The molecular formula is C23H26N2O3. The maximum Gasteiger partial charge on any atom is 0.410 e. The number of hydrogen-bond acceptors (Lipinski definition) is 3. The van der Waals surface area contributed by atoms with Crippen LogP contribution in [0.25, 0.3) is 0 Å². The number of fused-ring (bicyclic) bond motifs is 2. The Balaban J connectivity index is 1.61. The lowest BCUT2D eigenvalue weighted by Gasteiger charge is -2.34. The molecule has 0 aromatic heterocycles. The number of hydrogen-bond donors (Lipinski definition) is 1. The molecule has 4 rings (SSSR count). The van der Waals surface area contributed by atoms with Crippen LogP contribution in [-0.4, -0.2) is 29.5 Å². The number of amides is 2. The molecule has 2 aliphatic rings. The first-order valence-corrected chi connectivity index (χ1v) is 9.90. The summed E-state index contributed by atoms with van der Waals surface area (Å²) >= 11 is 0. The van der Waals surface area contributed by atoms with Gasteiger partial charge in [-0.1, -0.05) is 62.4 Å². The van der Waals surface area contributed by atoms with Crippen LogP contribution >= 0.6 is 0 Å². The molecule has 2 atom stereocenters. The summed E-state index contributed by atoms with van der Waals surface area (Å²) in [6, 6.07) is 17.3. The molecule has 0 bridgehead atoms. The summed E-state index contributed by atoms with van der Waals surface area (Å²) < 4.78 is 5.61.